The molecule has 12 nitrogen and oxygen atoms in total. The van der Waals surface area contributed by atoms with Crippen LogP contribution in [-0.4, -0.2) is 95.4 Å². The van der Waals surface area contributed by atoms with E-state index in [1.807, 2.05) is 6.08 Å². The molecule has 1 aliphatic heterocycles. The Morgan fingerprint density at radius 3 is 1.43 bits per heavy atom. The number of hydrogen-bond donors (Lipinski definition) is 6. The summed E-state index contributed by atoms with van der Waals surface area (Å²) in [6.45, 7) is 3.40. The number of amides is 1. The van der Waals surface area contributed by atoms with E-state index in [1.165, 1.54) is 167 Å². The van der Waals surface area contributed by atoms with E-state index in [4.69, 9.17) is 9.47 Å². The van der Waals surface area contributed by atoms with Gasteiger partial charge in [0.05, 0.1) is 25.4 Å². The third-order valence-corrected chi connectivity index (χ3v) is 12.5. The van der Waals surface area contributed by atoms with Crippen molar-refractivity contribution in [1.82, 2.24) is 5.32 Å². The topological polar surface area (TPSA) is 192 Å². The van der Waals surface area contributed by atoms with E-state index in [1.54, 1.807) is 6.08 Å². The van der Waals surface area contributed by atoms with Crippen LogP contribution in [0.1, 0.15) is 232 Å². The van der Waals surface area contributed by atoms with E-state index < -0.39 is 59.9 Å². The highest BCUT2D eigenvalue weighted by Crippen LogP contribution is 2.26. The van der Waals surface area contributed by atoms with Crippen LogP contribution in [-0.2, 0) is 28.9 Å². The molecule has 0 radical (unpaired) electrons. The van der Waals surface area contributed by atoms with Crippen molar-refractivity contribution in [3.63, 3.8) is 0 Å². The molecule has 1 aliphatic rings. The second-order valence-electron chi connectivity index (χ2n) is 17.8. The Labute approximate surface area is 372 Å². The molecular formula is C48H93NO11S. The van der Waals surface area contributed by atoms with Crippen molar-refractivity contribution in [2.75, 3.05) is 13.2 Å². The molecule has 13 heteroatoms. The van der Waals surface area contributed by atoms with Crippen molar-refractivity contribution in [3.05, 3.63) is 12.2 Å². The van der Waals surface area contributed by atoms with Crippen molar-refractivity contribution in [2.45, 2.75) is 275 Å². The minimum atomic E-state index is -5.08. The van der Waals surface area contributed by atoms with Crippen molar-refractivity contribution in [3.8, 4) is 0 Å². The van der Waals surface area contributed by atoms with E-state index in [9.17, 15) is 38.2 Å². The first-order valence-corrected chi connectivity index (χ1v) is 26.4. The van der Waals surface area contributed by atoms with Gasteiger partial charge in [-0.25, -0.2) is 4.18 Å². The molecule has 6 N–H and O–H groups in total. The molecule has 0 aromatic carbocycles. The largest absolute Gasteiger partial charge is 0.397 e. The number of carbonyl (C=O) groups excluding carboxylic acids is 1. The predicted molar refractivity (Wildman–Crippen MR) is 246 cm³/mol. The number of hydrogen-bond acceptors (Lipinski definition) is 10. The fourth-order valence-corrected chi connectivity index (χ4v) is 8.67. The molecule has 7 atom stereocenters. The number of unbranched alkanes of at least 4 members (excludes halogenated alkanes) is 31. The second kappa shape index (κ2) is 39.2. The minimum absolute atomic E-state index is 0.259. The lowest BCUT2D eigenvalue weighted by atomic mass is 9.99. The smallest absolute Gasteiger partial charge is 0.394 e. The maximum Gasteiger partial charge on any atom is 0.397 e. The average Bonchev–Trinajstić information content (AvgIpc) is 3.23. The van der Waals surface area contributed by atoms with Crippen molar-refractivity contribution >= 4 is 16.3 Å². The lowest BCUT2D eigenvalue weighted by Gasteiger charge is -2.41. The number of ether oxygens (including phenoxy) is 2. The molecular weight excluding hydrogens is 799 g/mol. The summed E-state index contributed by atoms with van der Waals surface area (Å²) in [4.78, 5) is 13.1. The van der Waals surface area contributed by atoms with Gasteiger partial charge in [0.2, 0.25) is 5.91 Å². The summed E-state index contributed by atoms with van der Waals surface area (Å²) in [5.74, 6) is -0.259. The Bertz CT molecular complexity index is 1140. The summed E-state index contributed by atoms with van der Waals surface area (Å²) in [7, 11) is -5.08. The van der Waals surface area contributed by atoms with Crippen LogP contribution in [0.25, 0.3) is 0 Å². The highest BCUT2D eigenvalue weighted by molar-refractivity contribution is 7.80. The van der Waals surface area contributed by atoms with Crippen molar-refractivity contribution in [1.29, 1.82) is 0 Å². The van der Waals surface area contributed by atoms with E-state index in [2.05, 4.69) is 23.3 Å². The first-order chi connectivity index (χ1) is 29.5. The third kappa shape index (κ3) is 32.2. The van der Waals surface area contributed by atoms with Crippen LogP contribution in [0.15, 0.2) is 12.2 Å². The first-order valence-electron chi connectivity index (χ1n) is 25.1. The van der Waals surface area contributed by atoms with Gasteiger partial charge in [-0.3, -0.25) is 9.35 Å². The summed E-state index contributed by atoms with van der Waals surface area (Å²) >= 11 is 0. The van der Waals surface area contributed by atoms with Gasteiger partial charge in [-0.05, 0) is 19.3 Å². The molecule has 7 unspecified atom stereocenters. The summed E-state index contributed by atoms with van der Waals surface area (Å²) in [5, 5.41) is 44.7. The van der Waals surface area contributed by atoms with Crippen LogP contribution in [0.5, 0.6) is 0 Å². The Morgan fingerprint density at radius 2 is 1.03 bits per heavy atom. The van der Waals surface area contributed by atoms with E-state index in [0.29, 0.717) is 6.42 Å². The van der Waals surface area contributed by atoms with Gasteiger partial charge in [-0.1, -0.05) is 219 Å². The Morgan fingerprint density at radius 1 is 0.639 bits per heavy atom. The molecule has 61 heavy (non-hydrogen) atoms. The maximum absolute atomic E-state index is 13.1. The van der Waals surface area contributed by atoms with Gasteiger partial charge in [0.1, 0.15) is 24.4 Å². The molecule has 0 aliphatic carbocycles. The zero-order valence-corrected chi connectivity index (χ0v) is 39.6. The summed E-state index contributed by atoms with van der Waals surface area (Å²) in [6, 6.07) is -0.938. The second-order valence-corrected chi connectivity index (χ2v) is 18.8. The number of aliphatic hydroxyl groups excluding tert-OH is 4. The molecule has 0 saturated carbocycles. The number of nitrogens with one attached hydrogen (secondary N) is 1. The molecule has 0 aromatic heterocycles. The predicted octanol–water partition coefficient (Wildman–Crippen LogP) is 10.3. The molecule has 1 heterocycles. The SMILES string of the molecule is CCCCCCCCCCCCCC=CC(O)C(COC1OC(CO)C(O)C(OS(=O)(=O)O)C1O)NC(=O)CCCCCCCCCCCCCCCCCCCCCCC. The van der Waals surface area contributed by atoms with Crippen LogP contribution in [0, 0.1) is 0 Å². The standard InChI is InChI=1S/C48H93NO11S/c1-3-5-7-9-11-13-15-17-18-19-20-21-22-23-24-26-28-30-32-34-36-38-44(52)49-41(42(51)37-35-33-31-29-27-25-16-14-12-10-8-6-4-2)40-58-48-46(54)47(60-61(55,56)57)45(53)43(39-50)59-48/h35,37,41-43,45-48,50-51,53-54H,3-34,36,38-40H2,1-2H3,(H,49,52)(H,55,56,57). The lowest BCUT2D eigenvalue weighted by molar-refractivity contribution is -0.298. The van der Waals surface area contributed by atoms with Crippen LogP contribution >= 0.6 is 0 Å². The van der Waals surface area contributed by atoms with Crippen molar-refractivity contribution < 1.29 is 51.8 Å². The number of allylic oxidation sites excluding steroid dienone is 1. The molecule has 1 saturated heterocycles. The zero-order valence-electron chi connectivity index (χ0n) is 38.7. The highest BCUT2D eigenvalue weighted by atomic mass is 32.3. The quantitative estimate of drug-likeness (QED) is 0.0194. The molecule has 1 amide bonds. The van der Waals surface area contributed by atoms with Crippen LogP contribution in [0.2, 0.25) is 0 Å². The first kappa shape index (κ1) is 57.9. The number of carbonyl (C=O) groups is 1. The van der Waals surface area contributed by atoms with E-state index in [0.717, 1.165) is 38.5 Å². The number of aliphatic hydroxyl groups is 4. The van der Waals surface area contributed by atoms with Crippen molar-refractivity contribution in [2.24, 2.45) is 0 Å². The molecule has 1 rings (SSSR count). The normalized spacial score (nSPS) is 20.7. The maximum atomic E-state index is 13.1. The molecule has 1 fully saturated rings. The van der Waals surface area contributed by atoms with Crippen LogP contribution < -0.4 is 5.32 Å². The summed E-state index contributed by atoms with van der Waals surface area (Å²) < 4.78 is 47.6. The van der Waals surface area contributed by atoms with Gasteiger partial charge in [-0.2, -0.15) is 8.42 Å². The van der Waals surface area contributed by atoms with Gasteiger partial charge in [0.25, 0.3) is 0 Å². The fraction of sp³-hybridized carbons (Fsp3) is 0.938. The van der Waals surface area contributed by atoms with E-state index in [-0.39, 0.29) is 18.9 Å². The Kier molecular flexibility index (Phi) is 37.2. The average molecular weight is 892 g/mol. The molecule has 0 bridgehead atoms. The van der Waals surface area contributed by atoms with Gasteiger partial charge >= 0.3 is 10.4 Å². The van der Waals surface area contributed by atoms with Crippen LogP contribution in [0.3, 0.4) is 0 Å². The van der Waals surface area contributed by atoms with Gasteiger partial charge < -0.3 is 35.2 Å². The van der Waals surface area contributed by atoms with Gasteiger partial charge in [-0.15, -0.1) is 0 Å². The summed E-state index contributed by atoms with van der Waals surface area (Å²) in [5.41, 5.74) is 0. The monoisotopic (exact) mass is 892 g/mol. The van der Waals surface area contributed by atoms with E-state index >= 15 is 0 Å². The fourth-order valence-electron chi connectivity index (χ4n) is 8.16. The molecule has 362 valence electrons. The third-order valence-electron chi connectivity index (χ3n) is 12.1. The number of rotatable bonds is 43. The Balaban J connectivity index is 2.42. The van der Waals surface area contributed by atoms with Crippen LogP contribution in [0.4, 0.5) is 0 Å². The summed E-state index contributed by atoms with van der Waals surface area (Å²) in [6.07, 6.45) is 35.4. The molecule has 0 aromatic rings. The highest BCUT2D eigenvalue weighted by Gasteiger charge is 2.48. The minimum Gasteiger partial charge on any atom is -0.394 e. The van der Waals surface area contributed by atoms with Gasteiger partial charge in [0, 0.05) is 6.42 Å². The van der Waals surface area contributed by atoms with Gasteiger partial charge in [0.15, 0.2) is 6.29 Å². The lowest BCUT2D eigenvalue weighted by Crippen LogP contribution is -2.61. The Hall–Kier alpha value is -1.16. The molecule has 0 spiro atoms. The zero-order chi connectivity index (χ0) is 44.8.